The van der Waals surface area contributed by atoms with Crippen LogP contribution in [0.4, 0.5) is 13.2 Å². The molecule has 0 aromatic heterocycles. The molecular weight excluding hydrogens is 315 g/mol. The molecule has 21 heavy (non-hydrogen) atoms. The molecule has 10 heteroatoms. The number of hydrogen-bond donors (Lipinski definition) is 2. The van der Waals surface area contributed by atoms with E-state index in [0.717, 1.165) is 17.6 Å². The van der Waals surface area contributed by atoms with Gasteiger partial charge in [0, 0.05) is 0 Å². The van der Waals surface area contributed by atoms with Gasteiger partial charge in [-0.05, 0) is 24.3 Å². The van der Waals surface area contributed by atoms with Gasteiger partial charge in [-0.25, -0.2) is 13.9 Å². The van der Waals surface area contributed by atoms with Crippen molar-refractivity contribution in [2.24, 2.45) is 0 Å². The van der Waals surface area contributed by atoms with E-state index in [1.54, 1.807) is 0 Å². The van der Waals surface area contributed by atoms with Gasteiger partial charge in [0.1, 0.15) is 5.75 Å². The number of hydroxylamine groups is 1. The minimum atomic E-state index is -5.16. The van der Waals surface area contributed by atoms with Crippen LogP contribution in [0.1, 0.15) is 6.42 Å². The molecule has 2 N–H and O–H groups in total. The third-order valence-corrected chi connectivity index (χ3v) is 4.74. The molecule has 0 heterocycles. The van der Waals surface area contributed by atoms with E-state index in [0.29, 0.717) is 0 Å². The van der Waals surface area contributed by atoms with E-state index in [-0.39, 0.29) is 5.75 Å². The van der Waals surface area contributed by atoms with Gasteiger partial charge in [0.05, 0.1) is 18.4 Å². The summed E-state index contributed by atoms with van der Waals surface area (Å²) in [6, 6.07) is 4.27. The number of nitrogens with one attached hydrogen (secondary N) is 1. The molecule has 1 rings (SSSR count). The molecular formula is C11H12F3NO5S. The van der Waals surface area contributed by atoms with E-state index in [1.165, 1.54) is 19.2 Å². The van der Waals surface area contributed by atoms with Crippen LogP contribution >= 0.6 is 0 Å². The second-order valence-corrected chi connectivity index (χ2v) is 6.12. The van der Waals surface area contributed by atoms with Gasteiger partial charge in [-0.1, -0.05) is 0 Å². The fourth-order valence-electron chi connectivity index (χ4n) is 1.55. The molecule has 0 saturated heterocycles. The number of ether oxygens (including phenoxy) is 1. The van der Waals surface area contributed by atoms with E-state index in [2.05, 4.69) is 0 Å². The molecule has 0 aliphatic rings. The highest BCUT2D eigenvalue weighted by Crippen LogP contribution is 2.33. The molecule has 0 radical (unpaired) electrons. The minimum Gasteiger partial charge on any atom is -0.497 e. The molecule has 1 atom stereocenters. The standard InChI is InChI=1S/C11H12F3NO5S/c1-20-7-2-4-8(5-3-7)21(18,19)9(11(12,13)14)6-10(16)15-17/h2-5,9,17H,6H2,1H3,(H,15,16). The summed E-state index contributed by atoms with van der Waals surface area (Å²) < 4.78 is 67.4. The summed E-state index contributed by atoms with van der Waals surface area (Å²) in [6.07, 6.45) is -6.60. The third-order valence-electron chi connectivity index (χ3n) is 2.62. The van der Waals surface area contributed by atoms with Crippen LogP contribution in [0, 0.1) is 0 Å². The molecule has 0 spiro atoms. The van der Waals surface area contributed by atoms with Crippen molar-refractivity contribution in [1.29, 1.82) is 0 Å². The van der Waals surface area contributed by atoms with Crippen LogP contribution in [-0.2, 0) is 14.6 Å². The molecule has 0 aliphatic carbocycles. The summed E-state index contributed by atoms with van der Waals surface area (Å²) in [5, 5.41) is 5.32. The quantitative estimate of drug-likeness (QED) is 0.628. The number of benzene rings is 1. The second-order valence-electron chi connectivity index (χ2n) is 3.99. The van der Waals surface area contributed by atoms with Crippen molar-refractivity contribution in [3.63, 3.8) is 0 Å². The maximum atomic E-state index is 12.9. The topological polar surface area (TPSA) is 92.7 Å². The first-order valence-corrected chi connectivity index (χ1v) is 7.05. The van der Waals surface area contributed by atoms with Crippen molar-refractivity contribution < 1.29 is 36.3 Å². The van der Waals surface area contributed by atoms with Crippen LogP contribution in [0.25, 0.3) is 0 Å². The summed E-state index contributed by atoms with van der Waals surface area (Å²) in [4.78, 5) is 10.3. The molecule has 0 fully saturated rings. The molecule has 0 aliphatic heterocycles. The lowest BCUT2D eigenvalue weighted by Gasteiger charge is -2.19. The number of alkyl halides is 3. The number of halogens is 3. The Balaban J connectivity index is 3.23. The second kappa shape index (κ2) is 6.31. The smallest absolute Gasteiger partial charge is 0.406 e. The average Bonchev–Trinajstić information content (AvgIpc) is 2.43. The predicted octanol–water partition coefficient (Wildman–Crippen LogP) is 1.30. The van der Waals surface area contributed by atoms with Crippen molar-refractivity contribution in [2.75, 3.05) is 7.11 Å². The largest absolute Gasteiger partial charge is 0.497 e. The minimum absolute atomic E-state index is 0.269. The van der Waals surface area contributed by atoms with Gasteiger partial charge in [-0.3, -0.25) is 10.0 Å². The summed E-state index contributed by atoms with van der Waals surface area (Å²) in [5.41, 5.74) is 0.986. The third kappa shape index (κ3) is 4.08. The van der Waals surface area contributed by atoms with Crippen molar-refractivity contribution in [3.8, 4) is 5.75 Å². The molecule has 1 amide bonds. The molecule has 0 bridgehead atoms. The Hall–Kier alpha value is -1.81. The van der Waals surface area contributed by atoms with E-state index in [1.807, 2.05) is 0 Å². The van der Waals surface area contributed by atoms with Crippen LogP contribution < -0.4 is 10.2 Å². The highest BCUT2D eigenvalue weighted by molar-refractivity contribution is 7.92. The lowest BCUT2D eigenvalue weighted by molar-refractivity contribution is -0.145. The van der Waals surface area contributed by atoms with Crippen molar-refractivity contribution in [3.05, 3.63) is 24.3 Å². The first-order chi connectivity index (χ1) is 9.62. The summed E-state index contributed by atoms with van der Waals surface area (Å²) in [5.74, 6) is -1.18. The Morgan fingerprint density at radius 3 is 2.24 bits per heavy atom. The Labute approximate surface area is 118 Å². The van der Waals surface area contributed by atoms with Gasteiger partial charge in [-0.15, -0.1) is 0 Å². The van der Waals surface area contributed by atoms with E-state index < -0.39 is 38.5 Å². The van der Waals surface area contributed by atoms with Crippen molar-refractivity contribution in [1.82, 2.24) is 5.48 Å². The summed E-state index contributed by atoms with van der Waals surface area (Å²) in [6.45, 7) is 0. The molecule has 1 aromatic rings. The zero-order valence-corrected chi connectivity index (χ0v) is 11.5. The number of carbonyl (C=O) groups excluding carboxylic acids is 1. The molecule has 118 valence electrons. The van der Waals surface area contributed by atoms with Gasteiger partial charge in [0.2, 0.25) is 5.91 Å². The van der Waals surface area contributed by atoms with Crippen LogP contribution in [0.2, 0.25) is 0 Å². The van der Waals surface area contributed by atoms with E-state index in [9.17, 15) is 26.4 Å². The number of sulfone groups is 1. The number of amides is 1. The fourth-order valence-corrected chi connectivity index (χ4v) is 3.11. The summed E-state index contributed by atoms with van der Waals surface area (Å²) in [7, 11) is -3.53. The van der Waals surface area contributed by atoms with Crippen molar-refractivity contribution >= 4 is 15.7 Å². The lowest BCUT2D eigenvalue weighted by atomic mass is 10.3. The number of hydrogen-bond acceptors (Lipinski definition) is 5. The molecule has 1 aromatic carbocycles. The van der Waals surface area contributed by atoms with Gasteiger partial charge in [-0.2, -0.15) is 13.2 Å². The first-order valence-electron chi connectivity index (χ1n) is 5.50. The monoisotopic (exact) mass is 327 g/mol. The Bertz CT molecular complexity index is 597. The van der Waals surface area contributed by atoms with Gasteiger partial charge in [0.15, 0.2) is 15.1 Å². The van der Waals surface area contributed by atoms with Gasteiger partial charge in [0.25, 0.3) is 0 Å². The predicted molar refractivity (Wildman–Crippen MR) is 64.6 cm³/mol. The van der Waals surface area contributed by atoms with E-state index in [4.69, 9.17) is 9.94 Å². The average molecular weight is 327 g/mol. The van der Waals surface area contributed by atoms with Crippen LogP contribution in [0.3, 0.4) is 0 Å². The van der Waals surface area contributed by atoms with Crippen LogP contribution in [-0.4, -0.2) is 38.1 Å². The number of carbonyl (C=O) groups is 1. The normalized spacial score (nSPS) is 13.6. The maximum Gasteiger partial charge on any atom is 0.406 e. The number of methoxy groups -OCH3 is 1. The zero-order valence-electron chi connectivity index (χ0n) is 10.7. The molecule has 6 nitrogen and oxygen atoms in total. The van der Waals surface area contributed by atoms with Gasteiger partial charge < -0.3 is 4.74 Å². The van der Waals surface area contributed by atoms with Gasteiger partial charge >= 0.3 is 6.18 Å². The number of rotatable bonds is 5. The maximum absolute atomic E-state index is 12.9. The SMILES string of the molecule is COc1ccc(S(=O)(=O)C(CC(=O)NO)C(F)(F)F)cc1. The van der Waals surface area contributed by atoms with Crippen LogP contribution in [0.5, 0.6) is 5.75 Å². The molecule has 0 saturated carbocycles. The van der Waals surface area contributed by atoms with Crippen LogP contribution in [0.15, 0.2) is 29.2 Å². The highest BCUT2D eigenvalue weighted by atomic mass is 32.2. The Morgan fingerprint density at radius 2 is 1.86 bits per heavy atom. The highest BCUT2D eigenvalue weighted by Gasteiger charge is 2.50. The first kappa shape index (κ1) is 17.2. The molecule has 1 unspecified atom stereocenters. The fraction of sp³-hybridized carbons (Fsp3) is 0.364. The zero-order chi connectivity index (χ0) is 16.3. The lowest BCUT2D eigenvalue weighted by Crippen LogP contribution is -2.40. The van der Waals surface area contributed by atoms with E-state index >= 15 is 0 Å². The summed E-state index contributed by atoms with van der Waals surface area (Å²) >= 11 is 0. The Kier molecular flexibility index (Phi) is 5.18. The Morgan fingerprint density at radius 1 is 1.33 bits per heavy atom. The van der Waals surface area contributed by atoms with Crippen molar-refractivity contribution in [2.45, 2.75) is 22.7 Å².